The number of amides is 1. The highest BCUT2D eigenvalue weighted by atomic mass is 32.2. The Balaban J connectivity index is 2.00. The van der Waals surface area contributed by atoms with Crippen LogP contribution < -0.4 is 11.3 Å². The van der Waals surface area contributed by atoms with Crippen LogP contribution in [0.1, 0.15) is 47.5 Å². The molecular weight excluding hydrogens is 406 g/mol. The van der Waals surface area contributed by atoms with E-state index in [0.29, 0.717) is 28.1 Å². The summed E-state index contributed by atoms with van der Waals surface area (Å²) in [6, 6.07) is 4.51. The molecule has 0 saturated heterocycles. The molecule has 0 atom stereocenters. The van der Waals surface area contributed by atoms with Crippen molar-refractivity contribution in [2.24, 2.45) is 11.7 Å². The first-order valence-corrected chi connectivity index (χ1v) is 11.5. The predicted octanol–water partition coefficient (Wildman–Crippen LogP) is 2.86. The molecule has 0 spiro atoms. The van der Waals surface area contributed by atoms with Crippen molar-refractivity contribution < 1.29 is 17.7 Å². The number of fused-ring (bicyclic) bond motifs is 1. The molecule has 0 aliphatic heterocycles. The Bertz CT molecular complexity index is 1290. The number of pyridine rings is 1. The van der Waals surface area contributed by atoms with Gasteiger partial charge in [-0.15, -0.1) is 0 Å². The zero-order valence-electron chi connectivity index (χ0n) is 16.8. The number of carbonyl (C=O) groups is 1. The number of aryl methyl sites for hydroxylation is 2. The third-order valence-corrected chi connectivity index (χ3v) is 7.69. The van der Waals surface area contributed by atoms with E-state index in [4.69, 9.17) is 10.3 Å². The van der Waals surface area contributed by atoms with Gasteiger partial charge in [0.1, 0.15) is 11.3 Å². The van der Waals surface area contributed by atoms with Crippen LogP contribution in [-0.2, 0) is 9.84 Å². The van der Waals surface area contributed by atoms with Crippen molar-refractivity contribution in [1.29, 1.82) is 0 Å². The fourth-order valence-electron chi connectivity index (χ4n) is 4.34. The molecule has 1 aromatic carbocycles. The van der Waals surface area contributed by atoms with Crippen molar-refractivity contribution in [1.82, 2.24) is 10.1 Å². The van der Waals surface area contributed by atoms with Crippen LogP contribution in [0.3, 0.4) is 0 Å². The number of rotatable bonds is 5. The number of nitrogens with zero attached hydrogens (tertiary/aromatic N) is 1. The first kappa shape index (κ1) is 20.3. The van der Waals surface area contributed by atoms with Crippen LogP contribution in [0.2, 0.25) is 0 Å². The molecule has 2 aromatic heterocycles. The van der Waals surface area contributed by atoms with Crippen LogP contribution in [-0.4, -0.2) is 30.2 Å². The molecule has 1 aliphatic carbocycles. The molecule has 0 bridgehead atoms. The normalized spacial score (nSPS) is 15.1. The van der Waals surface area contributed by atoms with Gasteiger partial charge in [-0.2, -0.15) is 0 Å². The minimum Gasteiger partial charge on any atom is -0.365 e. The second-order valence-corrected chi connectivity index (χ2v) is 9.95. The fraction of sp³-hybridized carbons (Fsp3) is 0.381. The largest absolute Gasteiger partial charge is 0.365 e. The summed E-state index contributed by atoms with van der Waals surface area (Å²) in [4.78, 5) is 26.7. The van der Waals surface area contributed by atoms with Gasteiger partial charge in [0.25, 0.3) is 11.5 Å². The summed E-state index contributed by atoms with van der Waals surface area (Å²) < 4.78 is 32.1. The van der Waals surface area contributed by atoms with E-state index in [-0.39, 0.29) is 27.5 Å². The highest BCUT2D eigenvalue weighted by Crippen LogP contribution is 2.35. The maximum atomic E-state index is 13.4. The van der Waals surface area contributed by atoms with Crippen molar-refractivity contribution in [3.8, 4) is 11.1 Å². The molecule has 3 aromatic rings. The summed E-state index contributed by atoms with van der Waals surface area (Å²) >= 11 is 0. The molecule has 3 N–H and O–H groups in total. The number of benzene rings is 1. The maximum Gasteiger partial charge on any atom is 0.261 e. The van der Waals surface area contributed by atoms with E-state index in [2.05, 4.69) is 10.1 Å². The van der Waals surface area contributed by atoms with E-state index >= 15 is 0 Å². The number of H-pyrrole nitrogens is 1. The lowest BCUT2D eigenvalue weighted by Gasteiger charge is -2.14. The molecule has 1 saturated carbocycles. The number of nitrogens with one attached hydrogen (secondary N) is 1. The summed E-state index contributed by atoms with van der Waals surface area (Å²) in [5, 5.41) is 4.22. The van der Waals surface area contributed by atoms with Crippen molar-refractivity contribution in [3.63, 3.8) is 0 Å². The van der Waals surface area contributed by atoms with E-state index in [1.54, 1.807) is 26.0 Å². The fourth-order valence-corrected chi connectivity index (χ4v) is 6.28. The van der Waals surface area contributed by atoms with E-state index in [1.807, 2.05) is 0 Å². The van der Waals surface area contributed by atoms with Crippen LogP contribution in [0, 0.1) is 19.8 Å². The quantitative estimate of drug-likeness (QED) is 0.640. The molecule has 158 valence electrons. The highest BCUT2D eigenvalue weighted by molar-refractivity contribution is 7.91. The molecule has 4 rings (SSSR count). The smallest absolute Gasteiger partial charge is 0.261 e. The van der Waals surface area contributed by atoms with Gasteiger partial charge in [-0.25, -0.2) is 8.42 Å². The van der Waals surface area contributed by atoms with Gasteiger partial charge in [0.05, 0.1) is 21.9 Å². The Morgan fingerprint density at radius 3 is 2.53 bits per heavy atom. The molecule has 1 fully saturated rings. The second kappa shape index (κ2) is 7.39. The van der Waals surface area contributed by atoms with Gasteiger partial charge >= 0.3 is 0 Å². The molecule has 1 aliphatic rings. The number of hydrogen-bond acceptors (Lipinski definition) is 6. The molecule has 2 heterocycles. The predicted molar refractivity (Wildman–Crippen MR) is 112 cm³/mol. The molecule has 30 heavy (non-hydrogen) atoms. The Labute approximate surface area is 173 Å². The average Bonchev–Trinajstić information content (AvgIpc) is 3.29. The summed E-state index contributed by atoms with van der Waals surface area (Å²) in [6.07, 6.45) is 3.81. The standard InChI is InChI=1S/C21H23N3O5S/c1-11-19(12(2)29-24-11)14-7-17-15(9-16(20(22)25)21(26)23-17)18(8-14)30(27,28)10-13-5-3-4-6-13/h7-9,13H,3-6,10H2,1-2H3,(H2,22,25)(H,23,26). The van der Waals surface area contributed by atoms with Crippen LogP contribution in [0.15, 0.2) is 32.4 Å². The van der Waals surface area contributed by atoms with E-state index in [0.717, 1.165) is 25.7 Å². The van der Waals surface area contributed by atoms with Crippen molar-refractivity contribution in [3.05, 3.63) is 45.6 Å². The Hall–Kier alpha value is -2.94. The SMILES string of the molecule is Cc1noc(C)c1-c1cc(S(=O)(=O)CC2CCCC2)c2cc(C(N)=O)c(=O)[nH]c2c1. The van der Waals surface area contributed by atoms with Gasteiger partial charge in [0.2, 0.25) is 0 Å². The van der Waals surface area contributed by atoms with Gasteiger partial charge in [-0.1, -0.05) is 18.0 Å². The lowest BCUT2D eigenvalue weighted by Crippen LogP contribution is -2.24. The van der Waals surface area contributed by atoms with E-state index in [9.17, 15) is 18.0 Å². The van der Waals surface area contributed by atoms with Gasteiger partial charge in [0, 0.05) is 10.9 Å². The number of carbonyl (C=O) groups excluding carboxylic acids is 1. The zero-order chi connectivity index (χ0) is 21.6. The Morgan fingerprint density at radius 1 is 1.23 bits per heavy atom. The maximum absolute atomic E-state index is 13.4. The van der Waals surface area contributed by atoms with Crippen molar-refractivity contribution in [2.45, 2.75) is 44.4 Å². The molecule has 8 nitrogen and oxygen atoms in total. The van der Waals surface area contributed by atoms with Gasteiger partial charge in [-0.3, -0.25) is 9.59 Å². The van der Waals surface area contributed by atoms with Crippen LogP contribution in [0.25, 0.3) is 22.0 Å². The van der Waals surface area contributed by atoms with E-state index in [1.165, 1.54) is 6.07 Å². The number of aromatic amines is 1. The number of hydrogen-bond donors (Lipinski definition) is 2. The monoisotopic (exact) mass is 429 g/mol. The van der Waals surface area contributed by atoms with Gasteiger partial charge in [-0.05, 0) is 56.4 Å². The van der Waals surface area contributed by atoms with Gasteiger partial charge < -0.3 is 15.2 Å². The minimum absolute atomic E-state index is 0.0260. The van der Waals surface area contributed by atoms with Crippen LogP contribution in [0.4, 0.5) is 0 Å². The molecule has 0 radical (unpaired) electrons. The summed E-state index contributed by atoms with van der Waals surface area (Å²) in [7, 11) is -3.69. The summed E-state index contributed by atoms with van der Waals surface area (Å²) in [5.74, 6) is -0.238. The number of primary amides is 1. The lowest BCUT2D eigenvalue weighted by molar-refractivity contribution is 0.0999. The molecular formula is C21H23N3O5S. The minimum atomic E-state index is -3.69. The Morgan fingerprint density at radius 2 is 1.93 bits per heavy atom. The average molecular weight is 429 g/mol. The number of aromatic nitrogens is 2. The highest BCUT2D eigenvalue weighted by Gasteiger charge is 2.27. The zero-order valence-corrected chi connectivity index (χ0v) is 17.6. The number of nitrogens with two attached hydrogens (primary N) is 1. The first-order chi connectivity index (χ1) is 14.2. The van der Waals surface area contributed by atoms with Gasteiger partial charge in [0.15, 0.2) is 9.84 Å². The Kier molecular flexibility index (Phi) is 5.01. The molecule has 0 unspecified atom stereocenters. The summed E-state index contributed by atoms with van der Waals surface area (Å²) in [6.45, 7) is 3.51. The van der Waals surface area contributed by atoms with Crippen LogP contribution >= 0.6 is 0 Å². The second-order valence-electron chi connectivity index (χ2n) is 7.94. The molecule has 1 amide bonds. The third kappa shape index (κ3) is 3.54. The third-order valence-electron chi connectivity index (χ3n) is 5.78. The summed E-state index contributed by atoms with van der Waals surface area (Å²) in [5.41, 5.74) is 6.56. The van der Waals surface area contributed by atoms with Crippen molar-refractivity contribution in [2.75, 3.05) is 5.75 Å². The topological polar surface area (TPSA) is 136 Å². The lowest BCUT2D eigenvalue weighted by atomic mass is 10.0. The van der Waals surface area contributed by atoms with Crippen LogP contribution in [0.5, 0.6) is 0 Å². The number of sulfone groups is 1. The van der Waals surface area contributed by atoms with E-state index < -0.39 is 21.3 Å². The molecule has 9 heteroatoms. The first-order valence-electron chi connectivity index (χ1n) is 9.84. The van der Waals surface area contributed by atoms with Crippen molar-refractivity contribution >= 4 is 26.6 Å².